The van der Waals surface area contributed by atoms with E-state index in [2.05, 4.69) is 0 Å². The van der Waals surface area contributed by atoms with E-state index >= 15 is 0 Å². The van der Waals surface area contributed by atoms with E-state index in [1.807, 2.05) is 24.3 Å². The smallest absolute Gasteiger partial charge is 0.131 e. The Morgan fingerprint density at radius 3 is 2.47 bits per heavy atom. The van der Waals surface area contributed by atoms with Gasteiger partial charge in [-0.1, -0.05) is 29.8 Å². The van der Waals surface area contributed by atoms with Crippen LogP contribution in [0.4, 0.5) is 4.39 Å². The molecule has 2 aromatic carbocycles. The van der Waals surface area contributed by atoms with Crippen molar-refractivity contribution in [1.82, 2.24) is 0 Å². The van der Waals surface area contributed by atoms with Crippen molar-refractivity contribution in [3.8, 4) is 5.75 Å². The van der Waals surface area contributed by atoms with Crippen molar-refractivity contribution >= 4 is 11.6 Å². The highest BCUT2D eigenvalue weighted by Crippen LogP contribution is 2.18. The Kier molecular flexibility index (Phi) is 4.77. The second kappa shape index (κ2) is 6.55. The quantitative estimate of drug-likeness (QED) is 0.908. The number of hydrogen-bond acceptors (Lipinski definition) is 2. The van der Waals surface area contributed by atoms with E-state index < -0.39 is 0 Å². The van der Waals surface area contributed by atoms with Crippen LogP contribution in [-0.4, -0.2) is 6.54 Å². The van der Waals surface area contributed by atoms with E-state index in [4.69, 9.17) is 22.1 Å². The highest BCUT2D eigenvalue weighted by atomic mass is 35.5. The average molecular weight is 280 g/mol. The third kappa shape index (κ3) is 3.94. The second-order valence-electron chi connectivity index (χ2n) is 4.21. The molecule has 0 radical (unpaired) electrons. The SMILES string of the molecule is NCCc1ccc(OCc2ccc(Cl)cc2F)cc1. The van der Waals surface area contributed by atoms with Crippen molar-refractivity contribution < 1.29 is 9.13 Å². The van der Waals surface area contributed by atoms with E-state index in [-0.39, 0.29) is 12.4 Å². The molecule has 2 nitrogen and oxygen atoms in total. The molecule has 0 heterocycles. The first-order valence-corrected chi connectivity index (χ1v) is 6.42. The fourth-order valence-corrected chi connectivity index (χ4v) is 1.88. The molecule has 0 atom stereocenters. The highest BCUT2D eigenvalue weighted by molar-refractivity contribution is 6.30. The molecule has 0 aromatic heterocycles. The normalized spacial score (nSPS) is 10.5. The molecule has 0 aliphatic rings. The third-order valence-corrected chi connectivity index (χ3v) is 3.00. The Labute approximate surface area is 117 Å². The lowest BCUT2D eigenvalue weighted by atomic mass is 10.1. The summed E-state index contributed by atoms with van der Waals surface area (Å²) in [5.74, 6) is 0.349. The molecular formula is C15H15ClFNO. The van der Waals surface area contributed by atoms with Crippen LogP contribution in [0.25, 0.3) is 0 Å². The predicted molar refractivity (Wildman–Crippen MR) is 74.9 cm³/mol. The molecule has 0 saturated carbocycles. The van der Waals surface area contributed by atoms with Gasteiger partial charge in [-0.25, -0.2) is 4.39 Å². The Morgan fingerprint density at radius 1 is 1.11 bits per heavy atom. The molecule has 19 heavy (non-hydrogen) atoms. The molecule has 0 aliphatic heterocycles. The molecule has 0 fully saturated rings. The molecule has 0 bridgehead atoms. The lowest BCUT2D eigenvalue weighted by Crippen LogP contribution is -2.02. The Hall–Kier alpha value is -1.58. The summed E-state index contributed by atoms with van der Waals surface area (Å²) < 4.78 is 19.1. The summed E-state index contributed by atoms with van der Waals surface area (Å²) in [4.78, 5) is 0. The summed E-state index contributed by atoms with van der Waals surface area (Å²) in [5, 5.41) is 0.382. The minimum atomic E-state index is -0.354. The molecule has 0 spiro atoms. The zero-order valence-electron chi connectivity index (χ0n) is 10.4. The number of hydrogen-bond donors (Lipinski definition) is 1. The van der Waals surface area contributed by atoms with Gasteiger partial charge in [0.2, 0.25) is 0 Å². The average Bonchev–Trinajstić information content (AvgIpc) is 2.40. The molecule has 0 aliphatic carbocycles. The largest absolute Gasteiger partial charge is 0.489 e. The molecule has 100 valence electrons. The minimum Gasteiger partial charge on any atom is -0.489 e. The van der Waals surface area contributed by atoms with Gasteiger partial charge in [0.1, 0.15) is 18.2 Å². The first kappa shape index (κ1) is 13.8. The summed E-state index contributed by atoms with van der Waals surface area (Å²) >= 11 is 5.69. The summed E-state index contributed by atoms with van der Waals surface area (Å²) in [6.07, 6.45) is 0.839. The predicted octanol–water partition coefficient (Wildman–Crippen LogP) is 3.56. The maximum atomic E-state index is 13.5. The Morgan fingerprint density at radius 2 is 1.84 bits per heavy atom. The number of ether oxygens (including phenoxy) is 1. The summed E-state index contributed by atoms with van der Waals surface area (Å²) in [6, 6.07) is 12.2. The zero-order chi connectivity index (χ0) is 13.7. The number of nitrogens with two attached hydrogens (primary N) is 1. The fraction of sp³-hybridized carbons (Fsp3) is 0.200. The standard InChI is InChI=1S/C15H15ClFNO/c16-13-4-3-12(15(17)9-13)10-19-14-5-1-11(2-6-14)7-8-18/h1-6,9H,7-8,10,18H2. The van der Waals surface area contributed by atoms with Gasteiger partial charge in [0.15, 0.2) is 0 Å². The van der Waals surface area contributed by atoms with Crippen LogP contribution < -0.4 is 10.5 Å². The second-order valence-corrected chi connectivity index (χ2v) is 4.64. The van der Waals surface area contributed by atoms with Crippen molar-refractivity contribution in [3.05, 3.63) is 64.4 Å². The first-order chi connectivity index (χ1) is 9.19. The van der Waals surface area contributed by atoms with E-state index in [0.717, 1.165) is 12.0 Å². The molecule has 2 N–H and O–H groups in total. The van der Waals surface area contributed by atoms with E-state index in [0.29, 0.717) is 22.9 Å². The molecule has 0 saturated heterocycles. The maximum Gasteiger partial charge on any atom is 0.131 e. The lowest BCUT2D eigenvalue weighted by molar-refractivity contribution is 0.300. The van der Waals surface area contributed by atoms with Gasteiger partial charge in [-0.15, -0.1) is 0 Å². The minimum absolute atomic E-state index is 0.180. The van der Waals surface area contributed by atoms with Crippen LogP contribution in [0.5, 0.6) is 5.75 Å². The van der Waals surface area contributed by atoms with Crippen LogP contribution in [-0.2, 0) is 13.0 Å². The van der Waals surface area contributed by atoms with Gasteiger partial charge >= 0.3 is 0 Å². The van der Waals surface area contributed by atoms with Crippen molar-refractivity contribution in [1.29, 1.82) is 0 Å². The molecule has 2 rings (SSSR count). The van der Waals surface area contributed by atoms with Gasteiger partial charge < -0.3 is 10.5 Å². The molecular weight excluding hydrogens is 265 g/mol. The lowest BCUT2D eigenvalue weighted by Gasteiger charge is -2.08. The number of rotatable bonds is 5. The molecule has 2 aromatic rings. The molecule has 0 amide bonds. The number of benzene rings is 2. The zero-order valence-corrected chi connectivity index (χ0v) is 11.2. The monoisotopic (exact) mass is 279 g/mol. The molecule has 0 unspecified atom stereocenters. The van der Waals surface area contributed by atoms with Crippen LogP contribution in [0.3, 0.4) is 0 Å². The van der Waals surface area contributed by atoms with E-state index in [1.54, 1.807) is 12.1 Å². The van der Waals surface area contributed by atoms with Crippen LogP contribution in [0.1, 0.15) is 11.1 Å². The van der Waals surface area contributed by atoms with Gasteiger partial charge in [0, 0.05) is 10.6 Å². The molecule has 4 heteroatoms. The van der Waals surface area contributed by atoms with E-state index in [1.165, 1.54) is 6.07 Å². The van der Waals surface area contributed by atoms with Gasteiger partial charge in [-0.05, 0) is 42.8 Å². The summed E-state index contributed by atoms with van der Waals surface area (Å²) in [6.45, 7) is 0.801. The van der Waals surface area contributed by atoms with Crippen LogP contribution in [0.2, 0.25) is 5.02 Å². The Bertz CT molecular complexity index is 542. The third-order valence-electron chi connectivity index (χ3n) is 2.77. The van der Waals surface area contributed by atoms with Crippen molar-refractivity contribution in [2.24, 2.45) is 5.73 Å². The van der Waals surface area contributed by atoms with E-state index in [9.17, 15) is 4.39 Å². The Balaban J connectivity index is 1.98. The first-order valence-electron chi connectivity index (χ1n) is 6.05. The van der Waals surface area contributed by atoms with Crippen LogP contribution >= 0.6 is 11.6 Å². The summed E-state index contributed by atoms with van der Waals surface area (Å²) in [5.41, 5.74) is 7.12. The van der Waals surface area contributed by atoms with Crippen LogP contribution in [0, 0.1) is 5.82 Å². The van der Waals surface area contributed by atoms with Gasteiger partial charge in [-0.2, -0.15) is 0 Å². The summed E-state index contributed by atoms with van der Waals surface area (Å²) in [7, 11) is 0. The van der Waals surface area contributed by atoms with Gasteiger partial charge in [0.25, 0.3) is 0 Å². The van der Waals surface area contributed by atoms with Crippen LogP contribution in [0.15, 0.2) is 42.5 Å². The maximum absolute atomic E-state index is 13.5. The fourth-order valence-electron chi connectivity index (χ4n) is 1.72. The number of halogens is 2. The van der Waals surface area contributed by atoms with Gasteiger partial charge in [0.05, 0.1) is 0 Å². The van der Waals surface area contributed by atoms with Crippen molar-refractivity contribution in [2.75, 3.05) is 6.54 Å². The van der Waals surface area contributed by atoms with Gasteiger partial charge in [-0.3, -0.25) is 0 Å². The topological polar surface area (TPSA) is 35.2 Å². The van der Waals surface area contributed by atoms with Crippen molar-refractivity contribution in [2.45, 2.75) is 13.0 Å². The van der Waals surface area contributed by atoms with Crippen molar-refractivity contribution in [3.63, 3.8) is 0 Å². The highest BCUT2D eigenvalue weighted by Gasteiger charge is 2.04.